The van der Waals surface area contributed by atoms with Gasteiger partial charge in [-0.05, 0) is 39.7 Å². The van der Waals surface area contributed by atoms with Crippen LogP contribution in [0.4, 0.5) is 0 Å². The Balaban J connectivity index is 2.68. The Morgan fingerprint density at radius 2 is 1.94 bits per heavy atom. The molecule has 1 aliphatic rings. The molecule has 1 aliphatic carbocycles. The molecule has 0 saturated heterocycles. The molecule has 0 amide bonds. The monoisotopic (exact) mass is 251 g/mol. The second-order valence-corrected chi connectivity index (χ2v) is 5.35. The Bertz CT molecular complexity index is 248. The van der Waals surface area contributed by atoms with Crippen LogP contribution in [0, 0.1) is 12.3 Å². The first-order valence-corrected chi connectivity index (χ1v) is 7.53. The summed E-state index contributed by atoms with van der Waals surface area (Å²) in [4.78, 5) is 0. The highest BCUT2D eigenvalue weighted by Crippen LogP contribution is 2.35. The van der Waals surface area contributed by atoms with Crippen molar-refractivity contribution in [1.29, 1.82) is 0 Å². The lowest BCUT2D eigenvalue weighted by Gasteiger charge is -2.40. The molecule has 0 aliphatic heterocycles. The van der Waals surface area contributed by atoms with Gasteiger partial charge in [-0.3, -0.25) is 0 Å². The van der Waals surface area contributed by atoms with E-state index in [2.05, 4.69) is 25.2 Å². The van der Waals surface area contributed by atoms with Crippen LogP contribution in [0.15, 0.2) is 0 Å². The van der Waals surface area contributed by atoms with E-state index in [9.17, 15) is 0 Å². The molecule has 0 spiro atoms. The van der Waals surface area contributed by atoms with Crippen LogP contribution in [0.1, 0.15) is 64.7 Å². The van der Waals surface area contributed by atoms with Crippen LogP contribution < -0.4 is 5.32 Å². The third-order valence-electron chi connectivity index (χ3n) is 4.18. The van der Waals surface area contributed by atoms with E-state index in [-0.39, 0.29) is 5.60 Å². The van der Waals surface area contributed by atoms with Gasteiger partial charge in [-0.1, -0.05) is 25.7 Å². The van der Waals surface area contributed by atoms with Gasteiger partial charge in [-0.2, -0.15) is 0 Å². The average molecular weight is 251 g/mol. The van der Waals surface area contributed by atoms with E-state index in [0.717, 1.165) is 25.9 Å². The molecule has 1 rings (SSSR count). The van der Waals surface area contributed by atoms with E-state index in [4.69, 9.17) is 11.2 Å². The summed E-state index contributed by atoms with van der Waals surface area (Å²) in [5, 5.41) is 3.49. The summed E-state index contributed by atoms with van der Waals surface area (Å²) >= 11 is 0. The molecule has 0 radical (unpaired) electrons. The molecule has 1 saturated carbocycles. The van der Waals surface area contributed by atoms with Gasteiger partial charge in [-0.15, -0.1) is 12.3 Å². The highest BCUT2D eigenvalue weighted by Gasteiger charge is 2.38. The van der Waals surface area contributed by atoms with Crippen LogP contribution in [0.5, 0.6) is 0 Å². The Labute approximate surface area is 113 Å². The van der Waals surface area contributed by atoms with Gasteiger partial charge in [0.1, 0.15) is 0 Å². The van der Waals surface area contributed by atoms with Gasteiger partial charge in [0.2, 0.25) is 0 Å². The first kappa shape index (κ1) is 15.5. The summed E-state index contributed by atoms with van der Waals surface area (Å²) in [6, 6.07) is 0.448. The summed E-state index contributed by atoms with van der Waals surface area (Å²) < 4.78 is 6.22. The van der Waals surface area contributed by atoms with Crippen LogP contribution in [-0.4, -0.2) is 25.3 Å². The molecule has 1 N–H and O–H groups in total. The lowest BCUT2D eigenvalue weighted by molar-refractivity contribution is -0.0773. The standard InChI is InChI=1S/C16H29NO/c1-4-6-9-12-15(17-3)16(18-5-2)13-10-7-8-11-14-16/h1,15,17H,5-14H2,2-3H3. The van der Waals surface area contributed by atoms with Crippen molar-refractivity contribution in [3.63, 3.8) is 0 Å². The van der Waals surface area contributed by atoms with Gasteiger partial charge in [0, 0.05) is 19.1 Å². The summed E-state index contributed by atoms with van der Waals surface area (Å²) in [7, 11) is 2.06. The first-order valence-electron chi connectivity index (χ1n) is 7.53. The van der Waals surface area contributed by atoms with E-state index < -0.39 is 0 Å². The fraction of sp³-hybridized carbons (Fsp3) is 0.875. The minimum Gasteiger partial charge on any atom is -0.374 e. The maximum atomic E-state index is 6.22. The van der Waals surface area contributed by atoms with Crippen molar-refractivity contribution in [2.45, 2.75) is 76.4 Å². The minimum absolute atomic E-state index is 0.0502. The molecule has 0 aromatic heterocycles. The third kappa shape index (κ3) is 4.30. The lowest BCUT2D eigenvalue weighted by Crippen LogP contribution is -2.51. The van der Waals surface area contributed by atoms with Gasteiger partial charge >= 0.3 is 0 Å². The van der Waals surface area contributed by atoms with E-state index in [0.29, 0.717) is 6.04 Å². The summed E-state index contributed by atoms with van der Waals surface area (Å²) in [5.41, 5.74) is 0.0502. The van der Waals surface area contributed by atoms with E-state index in [1.807, 2.05) is 0 Å². The lowest BCUT2D eigenvalue weighted by atomic mass is 9.83. The predicted octanol–water partition coefficient (Wildman–Crippen LogP) is 3.51. The molecule has 1 atom stereocenters. The molecular formula is C16H29NO. The van der Waals surface area contributed by atoms with Gasteiger partial charge < -0.3 is 10.1 Å². The summed E-state index contributed by atoms with van der Waals surface area (Å²) in [6.45, 7) is 2.92. The van der Waals surface area contributed by atoms with Crippen molar-refractivity contribution >= 4 is 0 Å². The third-order valence-corrected chi connectivity index (χ3v) is 4.18. The van der Waals surface area contributed by atoms with E-state index in [1.165, 1.54) is 38.5 Å². The Kier molecular flexibility index (Phi) is 7.39. The highest BCUT2D eigenvalue weighted by atomic mass is 16.5. The number of terminal acetylenes is 1. The number of hydrogen-bond acceptors (Lipinski definition) is 2. The van der Waals surface area contributed by atoms with Crippen molar-refractivity contribution in [3.05, 3.63) is 0 Å². The molecule has 0 aromatic rings. The Hall–Kier alpha value is -0.520. The number of unbranched alkanes of at least 4 members (excludes halogenated alkanes) is 1. The second-order valence-electron chi connectivity index (χ2n) is 5.35. The number of hydrogen-bond donors (Lipinski definition) is 1. The molecule has 18 heavy (non-hydrogen) atoms. The topological polar surface area (TPSA) is 21.3 Å². The quantitative estimate of drug-likeness (QED) is 0.425. The molecule has 2 heteroatoms. The average Bonchev–Trinajstić information content (AvgIpc) is 2.62. The number of ether oxygens (including phenoxy) is 1. The molecule has 0 heterocycles. The molecule has 0 aromatic carbocycles. The number of nitrogens with one attached hydrogen (secondary N) is 1. The maximum Gasteiger partial charge on any atom is 0.0834 e. The zero-order valence-electron chi connectivity index (χ0n) is 12.1. The zero-order chi connectivity index (χ0) is 13.3. The van der Waals surface area contributed by atoms with Crippen molar-refractivity contribution in [3.8, 4) is 12.3 Å². The van der Waals surface area contributed by atoms with Gasteiger partial charge in [0.25, 0.3) is 0 Å². The smallest absolute Gasteiger partial charge is 0.0834 e. The van der Waals surface area contributed by atoms with Gasteiger partial charge in [0.05, 0.1) is 5.60 Å². The van der Waals surface area contributed by atoms with Crippen LogP contribution in [-0.2, 0) is 4.74 Å². The number of rotatable bonds is 7. The van der Waals surface area contributed by atoms with E-state index >= 15 is 0 Å². The highest BCUT2D eigenvalue weighted by molar-refractivity contribution is 4.95. The van der Waals surface area contributed by atoms with Crippen LogP contribution in [0.3, 0.4) is 0 Å². The van der Waals surface area contributed by atoms with E-state index in [1.54, 1.807) is 0 Å². The second kappa shape index (κ2) is 8.56. The van der Waals surface area contributed by atoms with Crippen molar-refractivity contribution in [2.24, 2.45) is 0 Å². The van der Waals surface area contributed by atoms with Crippen molar-refractivity contribution in [2.75, 3.05) is 13.7 Å². The fourth-order valence-corrected chi connectivity index (χ4v) is 3.29. The SMILES string of the molecule is C#CCCCC(NC)C1(OCC)CCCCCC1. The molecular weight excluding hydrogens is 222 g/mol. The first-order chi connectivity index (χ1) is 8.79. The fourth-order valence-electron chi connectivity index (χ4n) is 3.29. The van der Waals surface area contributed by atoms with Crippen molar-refractivity contribution in [1.82, 2.24) is 5.32 Å². The van der Waals surface area contributed by atoms with Crippen LogP contribution >= 0.6 is 0 Å². The van der Waals surface area contributed by atoms with Gasteiger partial charge in [0.15, 0.2) is 0 Å². The normalized spacial score (nSPS) is 20.9. The van der Waals surface area contributed by atoms with Gasteiger partial charge in [-0.25, -0.2) is 0 Å². The number of likely N-dealkylation sites (N-methyl/N-ethyl adjacent to an activating group) is 1. The predicted molar refractivity (Wildman–Crippen MR) is 77.6 cm³/mol. The molecule has 1 fully saturated rings. The summed E-state index contributed by atoms with van der Waals surface area (Å²) in [6.07, 6.45) is 16.1. The zero-order valence-corrected chi connectivity index (χ0v) is 12.1. The molecule has 0 bridgehead atoms. The molecule has 1 unspecified atom stereocenters. The van der Waals surface area contributed by atoms with Crippen LogP contribution in [0.2, 0.25) is 0 Å². The maximum absolute atomic E-state index is 6.22. The van der Waals surface area contributed by atoms with Crippen LogP contribution in [0.25, 0.3) is 0 Å². The molecule has 104 valence electrons. The Morgan fingerprint density at radius 3 is 2.44 bits per heavy atom. The Morgan fingerprint density at radius 1 is 1.28 bits per heavy atom. The molecule has 2 nitrogen and oxygen atoms in total. The summed E-state index contributed by atoms with van der Waals surface area (Å²) in [5.74, 6) is 2.74. The minimum atomic E-state index is 0.0502. The largest absolute Gasteiger partial charge is 0.374 e. The van der Waals surface area contributed by atoms with Crippen molar-refractivity contribution < 1.29 is 4.74 Å².